The van der Waals surface area contributed by atoms with Crippen molar-refractivity contribution in [3.8, 4) is 5.88 Å². The number of hydrogen-bond acceptors (Lipinski definition) is 4. The number of pyridine rings is 1. The number of methoxy groups -OCH3 is 1. The van der Waals surface area contributed by atoms with Crippen LogP contribution in [0.25, 0.3) is 10.8 Å². The van der Waals surface area contributed by atoms with Gasteiger partial charge < -0.3 is 14.6 Å². The lowest BCUT2D eigenvalue weighted by Gasteiger charge is -2.10. The maximum absolute atomic E-state index is 5.31. The lowest BCUT2D eigenvalue weighted by Crippen LogP contribution is -2.01. The molecule has 0 saturated carbocycles. The van der Waals surface area contributed by atoms with Crippen molar-refractivity contribution in [2.24, 2.45) is 0 Å². The van der Waals surface area contributed by atoms with Gasteiger partial charge in [-0.3, -0.25) is 0 Å². The van der Waals surface area contributed by atoms with Gasteiger partial charge in [-0.1, -0.05) is 6.07 Å². The molecule has 5 nitrogen and oxygen atoms in total. The van der Waals surface area contributed by atoms with Crippen molar-refractivity contribution in [1.82, 2.24) is 14.5 Å². The quantitative estimate of drug-likeness (QED) is 0.781. The molecule has 1 aromatic carbocycles. The lowest BCUT2D eigenvalue weighted by molar-refractivity contribution is 0.403. The van der Waals surface area contributed by atoms with Gasteiger partial charge in [-0.05, 0) is 25.1 Å². The number of fused-ring (bicyclic) bond motifs is 1. The molecule has 108 valence electrons. The van der Waals surface area contributed by atoms with Crippen LogP contribution in [0.4, 0.5) is 5.69 Å². The molecule has 0 fully saturated rings. The molecule has 0 atom stereocenters. The van der Waals surface area contributed by atoms with Crippen LogP contribution in [0.2, 0.25) is 0 Å². The van der Waals surface area contributed by atoms with E-state index in [0.29, 0.717) is 12.4 Å². The number of imidazole rings is 1. The summed E-state index contributed by atoms with van der Waals surface area (Å²) in [6.45, 7) is 3.73. The predicted molar refractivity (Wildman–Crippen MR) is 83.5 cm³/mol. The summed E-state index contributed by atoms with van der Waals surface area (Å²) in [4.78, 5) is 8.61. The average Bonchev–Trinajstić information content (AvgIpc) is 3.00. The smallest absolute Gasteiger partial charge is 0.221 e. The van der Waals surface area contributed by atoms with Crippen LogP contribution in [0.5, 0.6) is 5.88 Å². The Labute approximate surface area is 123 Å². The highest BCUT2D eigenvalue weighted by Gasteiger charge is 2.06. The fourth-order valence-electron chi connectivity index (χ4n) is 2.35. The van der Waals surface area contributed by atoms with Crippen molar-refractivity contribution in [2.45, 2.75) is 20.0 Å². The Morgan fingerprint density at radius 3 is 2.86 bits per heavy atom. The molecule has 2 aromatic heterocycles. The molecule has 0 aliphatic rings. The highest BCUT2D eigenvalue weighted by Crippen LogP contribution is 2.28. The van der Waals surface area contributed by atoms with Crippen molar-refractivity contribution < 1.29 is 4.74 Å². The molecule has 2 heterocycles. The number of nitrogens with zero attached hydrogens (tertiary/aromatic N) is 3. The number of rotatable bonds is 5. The van der Waals surface area contributed by atoms with Crippen LogP contribution >= 0.6 is 0 Å². The first-order valence-corrected chi connectivity index (χ1v) is 6.98. The number of aromatic nitrogens is 3. The summed E-state index contributed by atoms with van der Waals surface area (Å²) in [6, 6.07) is 8.06. The molecular formula is C16H18N4O. The summed E-state index contributed by atoms with van der Waals surface area (Å²) >= 11 is 0. The van der Waals surface area contributed by atoms with Crippen molar-refractivity contribution in [3.63, 3.8) is 0 Å². The van der Waals surface area contributed by atoms with Crippen molar-refractivity contribution in [2.75, 3.05) is 12.4 Å². The minimum Gasteiger partial charge on any atom is -0.481 e. The normalized spacial score (nSPS) is 10.8. The van der Waals surface area contributed by atoms with Crippen LogP contribution in [-0.2, 0) is 13.1 Å². The molecule has 0 radical (unpaired) electrons. The second-order valence-corrected chi connectivity index (χ2v) is 4.77. The molecule has 0 aliphatic heterocycles. The number of anilines is 1. The third kappa shape index (κ3) is 2.67. The van der Waals surface area contributed by atoms with Gasteiger partial charge in [0, 0.05) is 35.4 Å². The Bertz CT molecular complexity index is 751. The van der Waals surface area contributed by atoms with E-state index in [4.69, 9.17) is 4.74 Å². The Morgan fingerprint density at radius 1 is 1.19 bits per heavy atom. The molecule has 0 unspecified atom stereocenters. The third-order valence-electron chi connectivity index (χ3n) is 3.47. The van der Waals surface area contributed by atoms with E-state index >= 15 is 0 Å². The fraction of sp³-hybridized carbons (Fsp3) is 0.250. The Morgan fingerprint density at radius 2 is 2.10 bits per heavy atom. The molecule has 0 amide bonds. The molecule has 5 heteroatoms. The summed E-state index contributed by atoms with van der Waals surface area (Å²) in [5.41, 5.74) is 2.08. The SMILES string of the molecule is CCn1cnc(CNc2cccc3c(OC)nccc23)c1. The van der Waals surface area contributed by atoms with Gasteiger partial charge in [0.05, 0.1) is 25.7 Å². The summed E-state index contributed by atoms with van der Waals surface area (Å²) < 4.78 is 7.37. The molecule has 0 bridgehead atoms. The molecule has 0 aliphatic carbocycles. The van der Waals surface area contributed by atoms with Crippen LogP contribution in [0.3, 0.4) is 0 Å². The van der Waals surface area contributed by atoms with Gasteiger partial charge in [-0.15, -0.1) is 0 Å². The molecule has 3 aromatic rings. The highest BCUT2D eigenvalue weighted by molar-refractivity contribution is 5.96. The van der Waals surface area contributed by atoms with E-state index in [-0.39, 0.29) is 0 Å². The minimum absolute atomic E-state index is 0.645. The first-order valence-electron chi connectivity index (χ1n) is 6.98. The number of ether oxygens (including phenoxy) is 1. The van der Waals surface area contributed by atoms with E-state index in [1.807, 2.05) is 24.5 Å². The fourth-order valence-corrected chi connectivity index (χ4v) is 2.35. The average molecular weight is 282 g/mol. The highest BCUT2D eigenvalue weighted by atomic mass is 16.5. The lowest BCUT2D eigenvalue weighted by atomic mass is 10.1. The van der Waals surface area contributed by atoms with Gasteiger partial charge in [-0.2, -0.15) is 0 Å². The van der Waals surface area contributed by atoms with Crippen molar-refractivity contribution in [1.29, 1.82) is 0 Å². The van der Waals surface area contributed by atoms with E-state index < -0.39 is 0 Å². The Kier molecular flexibility index (Phi) is 3.73. The van der Waals surface area contributed by atoms with E-state index in [0.717, 1.165) is 28.7 Å². The van der Waals surface area contributed by atoms with Gasteiger partial charge in [0.2, 0.25) is 5.88 Å². The van der Waals surface area contributed by atoms with E-state index in [9.17, 15) is 0 Å². The molecule has 0 spiro atoms. The van der Waals surface area contributed by atoms with Gasteiger partial charge >= 0.3 is 0 Å². The van der Waals surface area contributed by atoms with Crippen LogP contribution in [0, 0.1) is 0 Å². The second kappa shape index (κ2) is 5.83. The second-order valence-electron chi connectivity index (χ2n) is 4.77. The van der Waals surface area contributed by atoms with Gasteiger partial charge in [0.1, 0.15) is 0 Å². The number of nitrogens with one attached hydrogen (secondary N) is 1. The molecular weight excluding hydrogens is 264 g/mol. The zero-order valence-corrected chi connectivity index (χ0v) is 12.2. The van der Waals surface area contributed by atoms with E-state index in [2.05, 4.69) is 39.0 Å². The Hall–Kier alpha value is -2.56. The van der Waals surface area contributed by atoms with Gasteiger partial charge in [0.25, 0.3) is 0 Å². The summed E-state index contributed by atoms with van der Waals surface area (Å²) in [5, 5.41) is 5.53. The molecule has 21 heavy (non-hydrogen) atoms. The molecule has 1 N–H and O–H groups in total. The first kappa shape index (κ1) is 13.4. The van der Waals surface area contributed by atoms with Crippen LogP contribution in [0.1, 0.15) is 12.6 Å². The standard InChI is InChI=1S/C16H18N4O/c1-3-20-10-12(19-11-20)9-18-15-6-4-5-14-13(15)7-8-17-16(14)21-2/h4-8,10-11,18H,3,9H2,1-2H3. The molecule has 3 rings (SSSR count). The topological polar surface area (TPSA) is 52.0 Å². The van der Waals surface area contributed by atoms with Crippen molar-refractivity contribution >= 4 is 16.5 Å². The largest absolute Gasteiger partial charge is 0.481 e. The van der Waals surface area contributed by atoms with Crippen molar-refractivity contribution in [3.05, 3.63) is 48.7 Å². The number of aryl methyl sites for hydroxylation is 1. The number of hydrogen-bond donors (Lipinski definition) is 1. The van der Waals surface area contributed by atoms with Crippen LogP contribution in [0.15, 0.2) is 43.0 Å². The maximum atomic E-state index is 5.31. The van der Waals surface area contributed by atoms with Gasteiger partial charge in [0.15, 0.2) is 0 Å². The zero-order valence-electron chi connectivity index (χ0n) is 12.2. The molecule has 0 saturated heterocycles. The van der Waals surface area contributed by atoms with E-state index in [1.54, 1.807) is 13.3 Å². The Balaban J connectivity index is 1.87. The maximum Gasteiger partial charge on any atom is 0.221 e. The van der Waals surface area contributed by atoms with E-state index in [1.165, 1.54) is 0 Å². The zero-order chi connectivity index (χ0) is 14.7. The monoisotopic (exact) mass is 282 g/mol. The summed E-state index contributed by atoms with van der Waals surface area (Å²) in [7, 11) is 1.64. The summed E-state index contributed by atoms with van der Waals surface area (Å²) in [6.07, 6.45) is 5.67. The predicted octanol–water partition coefficient (Wildman–Crippen LogP) is 3.07. The van der Waals surface area contributed by atoms with Gasteiger partial charge in [-0.25, -0.2) is 9.97 Å². The summed E-state index contributed by atoms with van der Waals surface area (Å²) in [5.74, 6) is 0.645. The third-order valence-corrected chi connectivity index (χ3v) is 3.47. The first-order chi connectivity index (χ1) is 10.3. The number of benzene rings is 1. The minimum atomic E-state index is 0.645. The van der Waals surface area contributed by atoms with Crippen LogP contribution in [-0.4, -0.2) is 21.6 Å². The van der Waals surface area contributed by atoms with Crippen LogP contribution < -0.4 is 10.1 Å².